The molecule has 2 heterocycles. The van der Waals surface area contributed by atoms with E-state index in [2.05, 4.69) is 20.5 Å². The van der Waals surface area contributed by atoms with Crippen molar-refractivity contribution < 1.29 is 9.53 Å². The zero-order chi connectivity index (χ0) is 16.1. The minimum absolute atomic E-state index is 0. The molecule has 0 aromatic rings. The van der Waals surface area contributed by atoms with E-state index in [0.29, 0.717) is 5.41 Å². The molecule has 1 spiro atoms. The van der Waals surface area contributed by atoms with Crippen LogP contribution in [-0.4, -0.2) is 63.2 Å². The third-order valence-corrected chi connectivity index (χ3v) is 5.55. The van der Waals surface area contributed by atoms with Crippen LogP contribution in [0.5, 0.6) is 0 Å². The van der Waals surface area contributed by atoms with Gasteiger partial charge in [0.15, 0.2) is 5.96 Å². The molecule has 6 nitrogen and oxygen atoms in total. The highest BCUT2D eigenvalue weighted by atomic mass is 127. The molecule has 7 heteroatoms. The van der Waals surface area contributed by atoms with Gasteiger partial charge < -0.3 is 20.3 Å². The van der Waals surface area contributed by atoms with Gasteiger partial charge in [0.05, 0.1) is 6.61 Å². The standard InChI is InChI=1S/C17H30N4O2.HI/c1-18-16(21-10-6-17(12-21)7-11-23-13-17)20-9-3-8-19-15(22)14-4-2-5-14;/h14H,2-13H2,1H3,(H,18,20)(H,19,22);1H. The van der Waals surface area contributed by atoms with Gasteiger partial charge in [-0.1, -0.05) is 6.42 Å². The van der Waals surface area contributed by atoms with Gasteiger partial charge in [-0.15, -0.1) is 24.0 Å². The van der Waals surface area contributed by atoms with Gasteiger partial charge in [0.1, 0.15) is 0 Å². The Morgan fingerprint density at radius 2 is 2.08 bits per heavy atom. The Morgan fingerprint density at radius 3 is 2.71 bits per heavy atom. The van der Waals surface area contributed by atoms with E-state index < -0.39 is 0 Å². The minimum Gasteiger partial charge on any atom is -0.381 e. The predicted molar refractivity (Wildman–Crippen MR) is 106 cm³/mol. The number of guanidine groups is 1. The molecule has 1 atom stereocenters. The summed E-state index contributed by atoms with van der Waals surface area (Å²) in [5.74, 6) is 1.51. The summed E-state index contributed by atoms with van der Waals surface area (Å²) in [7, 11) is 1.84. The zero-order valence-corrected chi connectivity index (χ0v) is 17.0. The van der Waals surface area contributed by atoms with Crippen LogP contribution in [0.15, 0.2) is 4.99 Å². The average molecular weight is 450 g/mol. The highest BCUT2D eigenvalue weighted by Crippen LogP contribution is 2.38. The molecule has 0 aromatic heterocycles. The number of likely N-dealkylation sites (tertiary alicyclic amines) is 1. The Bertz CT molecular complexity index is 448. The number of ether oxygens (including phenoxy) is 1. The maximum Gasteiger partial charge on any atom is 0.223 e. The molecule has 138 valence electrons. The Hall–Kier alpha value is -0.570. The number of amides is 1. The van der Waals surface area contributed by atoms with Crippen molar-refractivity contribution in [3.05, 3.63) is 0 Å². The molecule has 2 aliphatic heterocycles. The number of aliphatic imine (C=N–C) groups is 1. The molecule has 0 bridgehead atoms. The summed E-state index contributed by atoms with van der Waals surface area (Å²) < 4.78 is 5.59. The number of hydrogen-bond donors (Lipinski definition) is 2. The number of nitrogens with zero attached hydrogens (tertiary/aromatic N) is 2. The summed E-state index contributed by atoms with van der Waals surface area (Å²) in [5, 5.41) is 6.47. The van der Waals surface area contributed by atoms with Gasteiger partial charge in [-0.2, -0.15) is 0 Å². The molecule has 24 heavy (non-hydrogen) atoms. The summed E-state index contributed by atoms with van der Waals surface area (Å²) in [6.45, 7) is 5.50. The third-order valence-electron chi connectivity index (χ3n) is 5.55. The van der Waals surface area contributed by atoms with E-state index in [1.165, 1.54) is 19.3 Å². The van der Waals surface area contributed by atoms with Gasteiger partial charge in [-0.25, -0.2) is 0 Å². The lowest BCUT2D eigenvalue weighted by molar-refractivity contribution is -0.127. The molecular formula is C17H31IN4O2. The number of hydrogen-bond acceptors (Lipinski definition) is 3. The van der Waals surface area contributed by atoms with Crippen LogP contribution >= 0.6 is 24.0 Å². The molecule has 3 aliphatic rings. The fourth-order valence-corrected chi connectivity index (χ4v) is 3.73. The SMILES string of the molecule is CN=C(NCCCNC(=O)C1CCC1)N1CCC2(CCOC2)C1.I. The van der Waals surface area contributed by atoms with Crippen LogP contribution in [0, 0.1) is 11.3 Å². The van der Waals surface area contributed by atoms with Gasteiger partial charge in [0.25, 0.3) is 0 Å². The smallest absolute Gasteiger partial charge is 0.223 e. The molecule has 3 fully saturated rings. The first-order valence-electron chi connectivity index (χ1n) is 9.03. The highest BCUT2D eigenvalue weighted by molar-refractivity contribution is 14.0. The van der Waals surface area contributed by atoms with E-state index in [0.717, 1.165) is 64.6 Å². The van der Waals surface area contributed by atoms with Crippen molar-refractivity contribution in [2.24, 2.45) is 16.3 Å². The third kappa shape index (κ3) is 4.74. The van der Waals surface area contributed by atoms with Crippen molar-refractivity contribution >= 4 is 35.8 Å². The van der Waals surface area contributed by atoms with Crippen LogP contribution in [0.3, 0.4) is 0 Å². The van der Waals surface area contributed by atoms with Crippen molar-refractivity contribution in [1.29, 1.82) is 0 Å². The lowest BCUT2D eigenvalue weighted by Gasteiger charge is -2.25. The van der Waals surface area contributed by atoms with E-state index in [9.17, 15) is 4.79 Å². The Labute approximate surface area is 162 Å². The summed E-state index contributed by atoms with van der Waals surface area (Å²) >= 11 is 0. The molecule has 0 aromatic carbocycles. The fraction of sp³-hybridized carbons (Fsp3) is 0.882. The Balaban J connectivity index is 0.00000208. The maximum atomic E-state index is 11.8. The second-order valence-electron chi connectivity index (χ2n) is 7.22. The van der Waals surface area contributed by atoms with Crippen molar-refractivity contribution in [2.75, 3.05) is 46.4 Å². The fourth-order valence-electron chi connectivity index (χ4n) is 3.73. The molecule has 2 saturated heterocycles. The van der Waals surface area contributed by atoms with Crippen LogP contribution in [0.1, 0.15) is 38.5 Å². The van der Waals surface area contributed by atoms with Crippen molar-refractivity contribution in [1.82, 2.24) is 15.5 Å². The van der Waals surface area contributed by atoms with E-state index in [-0.39, 0.29) is 35.8 Å². The summed E-state index contributed by atoms with van der Waals surface area (Å²) in [5.41, 5.74) is 0.356. The first-order valence-corrected chi connectivity index (χ1v) is 9.03. The number of carbonyl (C=O) groups is 1. The van der Waals surface area contributed by atoms with Gasteiger partial charge in [-0.3, -0.25) is 9.79 Å². The molecular weight excluding hydrogens is 419 g/mol. The van der Waals surface area contributed by atoms with Gasteiger partial charge in [-0.05, 0) is 32.1 Å². The summed E-state index contributed by atoms with van der Waals surface area (Å²) in [4.78, 5) is 18.5. The van der Waals surface area contributed by atoms with Crippen molar-refractivity contribution in [3.63, 3.8) is 0 Å². The number of halogens is 1. The average Bonchev–Trinajstić information content (AvgIpc) is 3.12. The first-order chi connectivity index (χ1) is 11.2. The van der Waals surface area contributed by atoms with Crippen LogP contribution in [0.2, 0.25) is 0 Å². The Morgan fingerprint density at radius 1 is 1.29 bits per heavy atom. The summed E-state index contributed by atoms with van der Waals surface area (Å²) in [6.07, 6.45) is 6.64. The van der Waals surface area contributed by atoms with Gasteiger partial charge in [0.2, 0.25) is 5.91 Å². The lowest BCUT2D eigenvalue weighted by atomic mass is 9.85. The van der Waals surface area contributed by atoms with Crippen LogP contribution in [0.25, 0.3) is 0 Å². The van der Waals surface area contributed by atoms with Crippen LogP contribution in [-0.2, 0) is 9.53 Å². The quantitative estimate of drug-likeness (QED) is 0.289. The molecule has 0 radical (unpaired) electrons. The van der Waals surface area contributed by atoms with Gasteiger partial charge in [0, 0.05) is 51.2 Å². The largest absolute Gasteiger partial charge is 0.381 e. The number of carbonyl (C=O) groups excluding carboxylic acids is 1. The lowest BCUT2D eigenvalue weighted by Crippen LogP contribution is -2.42. The first kappa shape index (κ1) is 19.8. The topological polar surface area (TPSA) is 66.0 Å². The van der Waals surface area contributed by atoms with Gasteiger partial charge >= 0.3 is 0 Å². The molecule has 1 unspecified atom stereocenters. The number of nitrogens with one attached hydrogen (secondary N) is 2. The second kappa shape index (κ2) is 9.22. The molecule has 2 N–H and O–H groups in total. The molecule has 1 aliphatic carbocycles. The predicted octanol–water partition coefficient (Wildman–Crippen LogP) is 1.60. The maximum absolute atomic E-state index is 11.8. The van der Waals surface area contributed by atoms with Crippen molar-refractivity contribution in [2.45, 2.75) is 38.5 Å². The Kier molecular flexibility index (Phi) is 7.59. The summed E-state index contributed by atoms with van der Waals surface area (Å²) in [6, 6.07) is 0. The zero-order valence-electron chi connectivity index (χ0n) is 14.7. The molecule has 1 saturated carbocycles. The van der Waals surface area contributed by atoms with E-state index >= 15 is 0 Å². The van der Waals surface area contributed by atoms with E-state index in [1.54, 1.807) is 0 Å². The van der Waals surface area contributed by atoms with Crippen molar-refractivity contribution in [3.8, 4) is 0 Å². The minimum atomic E-state index is 0. The van der Waals surface area contributed by atoms with Crippen LogP contribution in [0.4, 0.5) is 0 Å². The highest BCUT2D eigenvalue weighted by Gasteiger charge is 2.42. The van der Waals surface area contributed by atoms with Crippen LogP contribution < -0.4 is 10.6 Å². The number of rotatable bonds is 5. The second-order valence-corrected chi connectivity index (χ2v) is 7.22. The van der Waals surface area contributed by atoms with E-state index in [1.807, 2.05) is 7.05 Å². The monoisotopic (exact) mass is 450 g/mol. The molecule has 1 amide bonds. The normalized spacial score (nSPS) is 27.0. The van der Waals surface area contributed by atoms with E-state index in [4.69, 9.17) is 4.74 Å². The molecule has 3 rings (SSSR count).